The quantitative estimate of drug-likeness (QED) is 0.828. The van der Waals surface area contributed by atoms with Gasteiger partial charge in [-0.3, -0.25) is 0 Å². The van der Waals surface area contributed by atoms with E-state index in [1.165, 1.54) is 0 Å². The number of anilines is 1. The first kappa shape index (κ1) is 18.1. The lowest BCUT2D eigenvalue weighted by atomic mass is 9.88. The molecular formula is C20H24ClNO3. The van der Waals surface area contributed by atoms with Gasteiger partial charge in [0.05, 0.1) is 6.61 Å². The molecule has 2 unspecified atom stereocenters. The maximum absolute atomic E-state index is 6.24. The van der Waals surface area contributed by atoms with Crippen molar-refractivity contribution in [2.24, 2.45) is 0 Å². The molecule has 0 saturated carbocycles. The zero-order chi connectivity index (χ0) is 18.0. The summed E-state index contributed by atoms with van der Waals surface area (Å²) in [6, 6.07) is 13.7. The second-order valence-corrected chi connectivity index (χ2v) is 7.16. The van der Waals surface area contributed by atoms with Crippen LogP contribution in [-0.2, 0) is 16.1 Å². The predicted molar refractivity (Wildman–Crippen MR) is 100 cm³/mol. The van der Waals surface area contributed by atoms with Gasteiger partial charge < -0.3 is 19.5 Å². The van der Waals surface area contributed by atoms with Gasteiger partial charge in [0.1, 0.15) is 23.6 Å². The lowest BCUT2D eigenvalue weighted by Gasteiger charge is -2.44. The normalized spacial score (nSPS) is 21.3. The molecule has 25 heavy (non-hydrogen) atoms. The largest absolute Gasteiger partial charge is 0.485 e. The summed E-state index contributed by atoms with van der Waals surface area (Å²) in [7, 11) is 3.60. The molecule has 0 aliphatic carbocycles. The smallest absolute Gasteiger partial charge is 0.132 e. The number of methoxy groups -OCH3 is 1. The van der Waals surface area contributed by atoms with Crippen LogP contribution in [0.3, 0.4) is 0 Å². The molecule has 0 spiro atoms. The molecule has 2 atom stereocenters. The van der Waals surface area contributed by atoms with E-state index in [2.05, 4.69) is 11.4 Å². The Balaban J connectivity index is 1.88. The molecule has 0 saturated heterocycles. The van der Waals surface area contributed by atoms with Crippen LogP contribution >= 0.6 is 11.6 Å². The Kier molecular flexibility index (Phi) is 5.23. The molecular weight excluding hydrogens is 338 g/mol. The highest BCUT2D eigenvalue weighted by Crippen LogP contribution is 2.44. The molecule has 0 bridgehead atoms. The number of rotatable bonds is 5. The third-order valence-corrected chi connectivity index (χ3v) is 4.75. The van der Waals surface area contributed by atoms with Gasteiger partial charge in [-0.1, -0.05) is 23.7 Å². The van der Waals surface area contributed by atoms with Crippen molar-refractivity contribution in [3.05, 3.63) is 58.6 Å². The van der Waals surface area contributed by atoms with Gasteiger partial charge in [-0.15, -0.1) is 0 Å². The van der Waals surface area contributed by atoms with Crippen LogP contribution in [0.5, 0.6) is 5.75 Å². The summed E-state index contributed by atoms with van der Waals surface area (Å²) in [6.45, 7) is 4.49. The molecule has 1 aliphatic heterocycles. The second kappa shape index (κ2) is 7.24. The van der Waals surface area contributed by atoms with Gasteiger partial charge in [0.15, 0.2) is 0 Å². The van der Waals surface area contributed by atoms with Crippen molar-refractivity contribution in [3.63, 3.8) is 0 Å². The fraction of sp³-hybridized carbons (Fsp3) is 0.400. The van der Waals surface area contributed by atoms with E-state index >= 15 is 0 Å². The van der Waals surface area contributed by atoms with E-state index in [4.69, 9.17) is 25.8 Å². The zero-order valence-electron chi connectivity index (χ0n) is 15.0. The molecule has 4 nitrogen and oxygen atoms in total. The first-order valence-electron chi connectivity index (χ1n) is 8.34. The Bertz CT molecular complexity index is 747. The van der Waals surface area contributed by atoms with Crippen molar-refractivity contribution in [1.82, 2.24) is 0 Å². The van der Waals surface area contributed by atoms with E-state index in [0.29, 0.717) is 11.6 Å². The van der Waals surface area contributed by atoms with Crippen LogP contribution in [0.2, 0.25) is 5.02 Å². The standard InChI is InChI=1S/C20H24ClNO3/c1-20(2)19(24-12-13-6-5-7-14(21)10-13)18(23-4)16-11-15(22-3)8-9-17(16)25-20/h5-11,18-19,22H,12H2,1-4H3. The van der Waals surface area contributed by atoms with Crippen LogP contribution in [0.4, 0.5) is 5.69 Å². The number of halogens is 1. The lowest BCUT2D eigenvalue weighted by molar-refractivity contribution is -0.159. The van der Waals surface area contributed by atoms with Crippen molar-refractivity contribution < 1.29 is 14.2 Å². The Hall–Kier alpha value is -1.75. The van der Waals surface area contributed by atoms with Gasteiger partial charge in [-0.05, 0) is 49.7 Å². The molecule has 3 rings (SSSR count). The van der Waals surface area contributed by atoms with Crippen molar-refractivity contribution in [2.45, 2.75) is 38.3 Å². The Morgan fingerprint density at radius 2 is 2.00 bits per heavy atom. The lowest BCUT2D eigenvalue weighted by Crippen LogP contribution is -2.50. The number of benzene rings is 2. The molecule has 1 aliphatic rings. The van der Waals surface area contributed by atoms with Crippen molar-refractivity contribution >= 4 is 17.3 Å². The SMILES string of the molecule is CNc1ccc2c(c1)C(OC)C(OCc1cccc(Cl)c1)C(C)(C)O2. The van der Waals surface area contributed by atoms with Crippen LogP contribution in [0.1, 0.15) is 31.1 Å². The average Bonchev–Trinajstić information content (AvgIpc) is 2.58. The number of fused-ring (bicyclic) bond motifs is 1. The molecule has 134 valence electrons. The summed E-state index contributed by atoms with van der Waals surface area (Å²) in [5.41, 5.74) is 2.50. The summed E-state index contributed by atoms with van der Waals surface area (Å²) >= 11 is 6.07. The fourth-order valence-electron chi connectivity index (χ4n) is 3.24. The summed E-state index contributed by atoms with van der Waals surface area (Å²) in [5, 5.41) is 3.86. The molecule has 5 heteroatoms. The van der Waals surface area contributed by atoms with E-state index in [1.807, 2.05) is 57.3 Å². The monoisotopic (exact) mass is 361 g/mol. The maximum Gasteiger partial charge on any atom is 0.132 e. The first-order chi connectivity index (χ1) is 11.9. The molecule has 1 N–H and O–H groups in total. The van der Waals surface area contributed by atoms with Gasteiger partial charge in [0, 0.05) is 30.4 Å². The Morgan fingerprint density at radius 3 is 2.68 bits per heavy atom. The molecule has 1 heterocycles. The summed E-state index contributed by atoms with van der Waals surface area (Å²) in [6.07, 6.45) is -0.470. The average molecular weight is 362 g/mol. The fourth-order valence-corrected chi connectivity index (χ4v) is 3.45. The molecule has 0 fully saturated rings. The van der Waals surface area contributed by atoms with Crippen molar-refractivity contribution in [3.8, 4) is 5.75 Å². The summed E-state index contributed by atoms with van der Waals surface area (Å²) < 4.78 is 18.3. The number of hydrogen-bond acceptors (Lipinski definition) is 4. The van der Waals surface area contributed by atoms with Gasteiger partial charge in [0.2, 0.25) is 0 Å². The predicted octanol–water partition coefficient (Wildman–Crippen LogP) is 4.83. The van der Waals surface area contributed by atoms with Gasteiger partial charge >= 0.3 is 0 Å². The number of nitrogens with one attached hydrogen (secondary N) is 1. The van der Waals surface area contributed by atoms with Crippen LogP contribution < -0.4 is 10.1 Å². The number of ether oxygens (including phenoxy) is 3. The Labute approximate surface area is 154 Å². The van der Waals surface area contributed by atoms with Crippen LogP contribution in [0.25, 0.3) is 0 Å². The van der Waals surface area contributed by atoms with E-state index < -0.39 is 5.60 Å². The molecule has 0 radical (unpaired) electrons. The molecule has 0 aromatic heterocycles. The number of hydrogen-bond donors (Lipinski definition) is 1. The molecule has 0 amide bonds. The second-order valence-electron chi connectivity index (χ2n) is 6.73. The molecule has 2 aromatic rings. The van der Waals surface area contributed by atoms with E-state index in [-0.39, 0.29) is 12.2 Å². The maximum atomic E-state index is 6.24. The minimum Gasteiger partial charge on any atom is -0.485 e. The van der Waals surface area contributed by atoms with Gasteiger partial charge in [0.25, 0.3) is 0 Å². The van der Waals surface area contributed by atoms with Gasteiger partial charge in [-0.2, -0.15) is 0 Å². The van der Waals surface area contributed by atoms with E-state index in [9.17, 15) is 0 Å². The van der Waals surface area contributed by atoms with Crippen LogP contribution in [0, 0.1) is 0 Å². The van der Waals surface area contributed by atoms with Gasteiger partial charge in [-0.25, -0.2) is 0 Å². The topological polar surface area (TPSA) is 39.7 Å². The highest BCUT2D eigenvalue weighted by Gasteiger charge is 2.45. The van der Waals surface area contributed by atoms with E-state index in [1.54, 1.807) is 7.11 Å². The first-order valence-corrected chi connectivity index (χ1v) is 8.72. The third kappa shape index (κ3) is 3.76. The minimum absolute atomic E-state index is 0.216. The van der Waals surface area contributed by atoms with E-state index in [0.717, 1.165) is 22.6 Å². The summed E-state index contributed by atoms with van der Waals surface area (Å²) in [4.78, 5) is 0. The Morgan fingerprint density at radius 1 is 1.20 bits per heavy atom. The van der Waals surface area contributed by atoms with Crippen LogP contribution in [-0.4, -0.2) is 25.9 Å². The highest BCUT2D eigenvalue weighted by atomic mass is 35.5. The third-order valence-electron chi connectivity index (χ3n) is 4.51. The highest BCUT2D eigenvalue weighted by molar-refractivity contribution is 6.30. The van der Waals surface area contributed by atoms with Crippen LogP contribution in [0.15, 0.2) is 42.5 Å². The van der Waals surface area contributed by atoms with Crippen molar-refractivity contribution in [2.75, 3.05) is 19.5 Å². The minimum atomic E-state index is -0.520. The zero-order valence-corrected chi connectivity index (χ0v) is 15.8. The molecule has 2 aromatic carbocycles. The summed E-state index contributed by atoms with van der Waals surface area (Å²) in [5.74, 6) is 0.832. The van der Waals surface area contributed by atoms with Crippen molar-refractivity contribution in [1.29, 1.82) is 0 Å².